The Morgan fingerprint density at radius 3 is 3.16 bits per heavy atom. The Morgan fingerprint density at radius 1 is 1.47 bits per heavy atom. The van der Waals surface area contributed by atoms with Gasteiger partial charge in [-0.2, -0.15) is 0 Å². The Morgan fingerprint density at radius 2 is 2.32 bits per heavy atom. The fourth-order valence-corrected chi connectivity index (χ4v) is 2.64. The molecule has 1 aromatic carbocycles. The van der Waals surface area contributed by atoms with E-state index in [1.54, 1.807) is 0 Å². The third-order valence-electron chi connectivity index (χ3n) is 3.70. The van der Waals surface area contributed by atoms with Crippen molar-refractivity contribution in [1.29, 1.82) is 0 Å². The van der Waals surface area contributed by atoms with Gasteiger partial charge in [-0.15, -0.1) is 0 Å². The number of fused-ring (bicyclic) bond motifs is 1. The second-order valence-corrected chi connectivity index (χ2v) is 5.05. The third-order valence-corrected chi connectivity index (χ3v) is 3.70. The summed E-state index contributed by atoms with van der Waals surface area (Å²) in [6.45, 7) is 4.01. The molecule has 4 heteroatoms. The molecule has 1 fully saturated rings. The van der Waals surface area contributed by atoms with E-state index in [0.29, 0.717) is 26.2 Å². The number of amides is 1. The Labute approximate surface area is 112 Å². The first-order chi connectivity index (χ1) is 9.25. The van der Waals surface area contributed by atoms with Gasteiger partial charge in [-0.1, -0.05) is 18.2 Å². The van der Waals surface area contributed by atoms with Crippen LogP contribution in [0.15, 0.2) is 30.5 Å². The Bertz CT molecular complexity index is 591. The number of nitrogens with zero attached hydrogens (tertiary/aromatic N) is 1. The van der Waals surface area contributed by atoms with Crippen molar-refractivity contribution in [2.24, 2.45) is 0 Å². The summed E-state index contributed by atoms with van der Waals surface area (Å²) in [7, 11) is 0. The molecule has 0 radical (unpaired) electrons. The maximum absolute atomic E-state index is 12.4. The van der Waals surface area contributed by atoms with E-state index in [4.69, 9.17) is 4.74 Å². The zero-order valence-corrected chi connectivity index (χ0v) is 11.1. The monoisotopic (exact) mass is 258 g/mol. The summed E-state index contributed by atoms with van der Waals surface area (Å²) >= 11 is 0. The molecule has 1 amide bonds. The zero-order valence-electron chi connectivity index (χ0n) is 11.1. The van der Waals surface area contributed by atoms with E-state index in [0.717, 1.165) is 16.5 Å². The number of nitrogens with one attached hydrogen (secondary N) is 1. The highest BCUT2D eigenvalue weighted by Crippen LogP contribution is 2.19. The van der Waals surface area contributed by atoms with E-state index >= 15 is 0 Å². The minimum Gasteiger partial charge on any atom is -0.377 e. The smallest absolute Gasteiger partial charge is 0.227 e. The summed E-state index contributed by atoms with van der Waals surface area (Å²) in [6, 6.07) is 8.25. The molecule has 0 bridgehead atoms. The summed E-state index contributed by atoms with van der Waals surface area (Å²) in [4.78, 5) is 17.5. The molecule has 2 heterocycles. The number of aromatic amines is 1. The number of hydrogen-bond donors (Lipinski definition) is 1. The van der Waals surface area contributed by atoms with E-state index in [1.165, 1.54) is 0 Å². The van der Waals surface area contributed by atoms with Crippen molar-refractivity contribution in [2.75, 3.05) is 19.8 Å². The van der Waals surface area contributed by atoms with Gasteiger partial charge in [-0.25, -0.2) is 0 Å². The lowest BCUT2D eigenvalue weighted by Gasteiger charge is -2.33. The number of hydrogen-bond acceptors (Lipinski definition) is 2. The minimum atomic E-state index is 0.173. The van der Waals surface area contributed by atoms with E-state index < -0.39 is 0 Å². The highest BCUT2D eigenvalue weighted by atomic mass is 16.5. The summed E-state index contributed by atoms with van der Waals surface area (Å²) < 4.78 is 5.37. The van der Waals surface area contributed by atoms with Crippen molar-refractivity contribution < 1.29 is 9.53 Å². The van der Waals surface area contributed by atoms with Gasteiger partial charge in [-0.3, -0.25) is 4.79 Å². The van der Waals surface area contributed by atoms with E-state index in [2.05, 4.69) is 11.1 Å². The van der Waals surface area contributed by atoms with Gasteiger partial charge in [0.05, 0.1) is 25.7 Å². The van der Waals surface area contributed by atoms with Crippen molar-refractivity contribution in [1.82, 2.24) is 9.88 Å². The molecule has 0 aliphatic carbocycles. The fourth-order valence-electron chi connectivity index (χ4n) is 2.64. The molecular formula is C15H18N2O2. The van der Waals surface area contributed by atoms with Gasteiger partial charge in [0, 0.05) is 23.6 Å². The number of ether oxygens (including phenoxy) is 1. The van der Waals surface area contributed by atoms with Crippen molar-refractivity contribution >= 4 is 16.8 Å². The second-order valence-electron chi connectivity index (χ2n) is 5.05. The number of benzene rings is 1. The molecule has 2 aromatic rings. The molecule has 3 rings (SSSR count). The van der Waals surface area contributed by atoms with Crippen molar-refractivity contribution in [3.63, 3.8) is 0 Å². The summed E-state index contributed by atoms with van der Waals surface area (Å²) in [5.74, 6) is 0.181. The fraction of sp³-hybridized carbons (Fsp3) is 0.400. The number of rotatable bonds is 2. The summed E-state index contributed by atoms with van der Waals surface area (Å²) in [6.07, 6.45) is 2.39. The van der Waals surface area contributed by atoms with Crippen LogP contribution in [0.3, 0.4) is 0 Å². The van der Waals surface area contributed by atoms with Crippen LogP contribution in [-0.4, -0.2) is 41.6 Å². The minimum absolute atomic E-state index is 0.173. The van der Waals surface area contributed by atoms with Crippen LogP contribution in [0.5, 0.6) is 0 Å². The number of morpholine rings is 1. The largest absolute Gasteiger partial charge is 0.377 e. The van der Waals surface area contributed by atoms with Crippen molar-refractivity contribution in [3.8, 4) is 0 Å². The number of carbonyl (C=O) groups excluding carboxylic acids is 1. The summed E-state index contributed by atoms with van der Waals surface area (Å²) in [5.41, 5.74) is 2.15. The van der Waals surface area contributed by atoms with Crippen molar-refractivity contribution in [3.05, 3.63) is 36.0 Å². The molecule has 1 atom stereocenters. The average Bonchev–Trinajstić information content (AvgIpc) is 2.83. The molecule has 0 saturated carbocycles. The van der Waals surface area contributed by atoms with Gasteiger partial charge >= 0.3 is 0 Å². The first-order valence-electron chi connectivity index (χ1n) is 6.68. The molecule has 1 aliphatic rings. The van der Waals surface area contributed by atoms with Gasteiger partial charge < -0.3 is 14.6 Å². The molecule has 1 aliphatic heterocycles. The maximum Gasteiger partial charge on any atom is 0.227 e. The Hall–Kier alpha value is -1.81. The van der Waals surface area contributed by atoms with Crippen LogP contribution < -0.4 is 0 Å². The third kappa shape index (κ3) is 2.36. The molecule has 4 nitrogen and oxygen atoms in total. The molecule has 1 unspecified atom stereocenters. The number of H-pyrrole nitrogens is 1. The Balaban J connectivity index is 1.79. The standard InChI is InChI=1S/C15H18N2O2/c1-11-10-19-7-6-17(11)15(18)8-12-9-16-14-5-3-2-4-13(12)14/h2-5,9,11,16H,6-8,10H2,1H3. The quantitative estimate of drug-likeness (QED) is 0.895. The lowest BCUT2D eigenvalue weighted by atomic mass is 10.1. The van der Waals surface area contributed by atoms with Gasteiger partial charge in [-0.05, 0) is 18.6 Å². The van der Waals surface area contributed by atoms with Crippen LogP contribution in [0.4, 0.5) is 0 Å². The SMILES string of the molecule is CC1COCCN1C(=O)Cc1c[nH]c2ccccc12. The highest BCUT2D eigenvalue weighted by molar-refractivity contribution is 5.89. The van der Waals surface area contributed by atoms with E-state index in [-0.39, 0.29) is 11.9 Å². The van der Waals surface area contributed by atoms with E-state index in [1.807, 2.05) is 36.2 Å². The predicted molar refractivity (Wildman–Crippen MR) is 74.0 cm³/mol. The molecule has 0 spiro atoms. The zero-order chi connectivity index (χ0) is 13.2. The van der Waals surface area contributed by atoms with E-state index in [9.17, 15) is 4.79 Å². The lowest BCUT2D eigenvalue weighted by molar-refractivity contribution is -0.138. The molecular weight excluding hydrogens is 240 g/mol. The molecule has 100 valence electrons. The van der Waals surface area contributed by atoms with Crippen LogP contribution in [-0.2, 0) is 16.0 Å². The first-order valence-corrected chi connectivity index (χ1v) is 6.68. The molecule has 1 aromatic heterocycles. The van der Waals surface area contributed by atoms with Crippen LogP contribution in [0.2, 0.25) is 0 Å². The van der Waals surface area contributed by atoms with Gasteiger partial charge in [0.2, 0.25) is 5.91 Å². The van der Waals surface area contributed by atoms with Gasteiger partial charge in [0.25, 0.3) is 0 Å². The topological polar surface area (TPSA) is 45.3 Å². The second kappa shape index (κ2) is 5.05. The number of aromatic nitrogens is 1. The number of para-hydroxylation sites is 1. The van der Waals surface area contributed by atoms with Crippen LogP contribution in [0.25, 0.3) is 10.9 Å². The van der Waals surface area contributed by atoms with Crippen molar-refractivity contribution in [2.45, 2.75) is 19.4 Å². The van der Waals surface area contributed by atoms with Crippen LogP contribution in [0.1, 0.15) is 12.5 Å². The average molecular weight is 258 g/mol. The predicted octanol–water partition coefficient (Wildman–Crippen LogP) is 1.96. The normalized spacial score (nSPS) is 19.8. The lowest BCUT2D eigenvalue weighted by Crippen LogP contribution is -2.47. The summed E-state index contributed by atoms with van der Waals surface area (Å²) in [5, 5.41) is 1.14. The first kappa shape index (κ1) is 12.2. The molecule has 1 N–H and O–H groups in total. The maximum atomic E-state index is 12.4. The van der Waals surface area contributed by atoms with Gasteiger partial charge in [0.15, 0.2) is 0 Å². The Kier molecular flexibility index (Phi) is 3.25. The number of carbonyl (C=O) groups is 1. The van der Waals surface area contributed by atoms with Crippen LogP contribution in [0, 0.1) is 0 Å². The molecule has 19 heavy (non-hydrogen) atoms. The highest BCUT2D eigenvalue weighted by Gasteiger charge is 2.24. The molecule has 1 saturated heterocycles. The van der Waals surface area contributed by atoms with Gasteiger partial charge in [0.1, 0.15) is 0 Å². The van der Waals surface area contributed by atoms with Crippen LogP contribution >= 0.6 is 0 Å².